The number of rotatable bonds is 18. The molecule has 0 spiro atoms. The van der Waals surface area contributed by atoms with Gasteiger partial charge in [-0.15, -0.1) is 18.3 Å². The van der Waals surface area contributed by atoms with E-state index in [1.165, 1.54) is 6.92 Å². The maximum absolute atomic E-state index is 11.8. The molecule has 4 aromatic carbocycles. The molecule has 3 aliphatic rings. The van der Waals surface area contributed by atoms with E-state index in [1.54, 1.807) is 17.8 Å². The van der Waals surface area contributed by atoms with Crippen molar-refractivity contribution >= 4 is 29.1 Å². The van der Waals surface area contributed by atoms with Gasteiger partial charge in [0.15, 0.2) is 0 Å². The number of anilines is 1. The molecule has 0 saturated heterocycles. The van der Waals surface area contributed by atoms with Gasteiger partial charge in [-0.2, -0.15) is 0 Å². The molecule has 6 unspecified atom stereocenters. The molecule has 0 radical (unpaired) electrons. The van der Waals surface area contributed by atoms with Crippen LogP contribution < -0.4 is 14.8 Å². The number of carbonyl (C=O) groups excluding carboxylic acids is 1. The monoisotopic (exact) mass is 844 g/mol. The highest BCUT2D eigenvalue weighted by Crippen LogP contribution is 2.63. The van der Waals surface area contributed by atoms with Crippen LogP contribution >= 0.6 is 11.8 Å². The summed E-state index contributed by atoms with van der Waals surface area (Å²) in [5, 5.41) is 27.4. The Kier molecular flexibility index (Phi) is 14.4. The second kappa shape index (κ2) is 19.9. The summed E-state index contributed by atoms with van der Waals surface area (Å²) in [7, 11) is 0. The minimum atomic E-state index is -1.14. The molecule has 7 rings (SSSR count). The summed E-state index contributed by atoms with van der Waals surface area (Å²) in [5.74, 6) is 0.864. The molecule has 0 aromatic heterocycles. The number of hydrogen-bond donors (Lipinski definition) is 3. The van der Waals surface area contributed by atoms with E-state index in [0.717, 1.165) is 82.2 Å². The lowest BCUT2D eigenvalue weighted by Crippen LogP contribution is -2.64. The van der Waals surface area contributed by atoms with Crippen LogP contribution in [0.15, 0.2) is 131 Å². The number of thioether (sulfide) groups is 1. The predicted octanol–water partition coefficient (Wildman–Crippen LogP) is 11.3. The second-order valence-electron chi connectivity index (χ2n) is 17.3. The van der Waals surface area contributed by atoms with Crippen LogP contribution in [0.5, 0.6) is 17.2 Å². The van der Waals surface area contributed by atoms with Crippen LogP contribution in [-0.4, -0.2) is 58.3 Å². The number of oxime groups is 1. The quantitative estimate of drug-likeness (QED) is 0.0515. The summed E-state index contributed by atoms with van der Waals surface area (Å²) < 4.78 is 21.1. The van der Waals surface area contributed by atoms with Crippen LogP contribution in [0.3, 0.4) is 0 Å². The highest BCUT2D eigenvalue weighted by atomic mass is 32.2. The van der Waals surface area contributed by atoms with E-state index >= 15 is 0 Å². The molecule has 1 aliphatic heterocycles. The zero-order chi connectivity index (χ0) is 43.0. The van der Waals surface area contributed by atoms with E-state index in [4.69, 9.17) is 24.2 Å². The zero-order valence-corrected chi connectivity index (χ0v) is 36.7. The number of hydrogen-bond acceptors (Lipinski definition) is 9. The van der Waals surface area contributed by atoms with E-state index < -0.39 is 11.4 Å². The number of aliphatic hydroxyl groups excluding tert-OH is 2. The van der Waals surface area contributed by atoms with Crippen molar-refractivity contribution in [3.63, 3.8) is 0 Å². The largest absolute Gasteiger partial charge is 0.460 e. The molecule has 1 fully saturated rings. The minimum absolute atomic E-state index is 0.0826. The lowest BCUT2D eigenvalue weighted by Gasteiger charge is -2.58. The fraction of sp³-hybridized carbons (Fsp3) is 0.412. The van der Waals surface area contributed by atoms with Crippen molar-refractivity contribution in [3.8, 4) is 28.4 Å². The number of unbranched alkanes of at least 4 members (excludes halogenated alkanes) is 2. The Balaban J connectivity index is 1.37. The summed E-state index contributed by atoms with van der Waals surface area (Å²) >= 11 is 1.68. The number of nitrogens with one attached hydrogen (secondary N) is 1. The molecule has 1 saturated carbocycles. The lowest BCUT2D eigenvalue weighted by molar-refractivity contribution is -0.223. The van der Waals surface area contributed by atoms with Crippen molar-refractivity contribution in [3.05, 3.63) is 127 Å². The number of carbonyl (C=O) groups is 1. The number of aliphatic hydroxyl groups is 2. The van der Waals surface area contributed by atoms with Gasteiger partial charge in [-0.25, -0.2) is 0 Å². The Hall–Kier alpha value is -4.87. The summed E-state index contributed by atoms with van der Waals surface area (Å²) in [6.45, 7) is 12.1. The molecule has 10 heteroatoms. The number of amides is 1. The first-order chi connectivity index (χ1) is 29.5. The van der Waals surface area contributed by atoms with Crippen molar-refractivity contribution in [2.45, 2.75) is 100 Å². The Labute approximate surface area is 365 Å². The number of ether oxygens (including phenoxy) is 3. The third-order valence-corrected chi connectivity index (χ3v) is 13.0. The number of nitrogens with zero attached hydrogens (tertiary/aromatic N) is 1. The fourth-order valence-corrected chi connectivity index (χ4v) is 10.4. The second-order valence-corrected chi connectivity index (χ2v) is 18.5. The molecule has 4 aromatic rings. The number of fused-ring (bicyclic) bond motifs is 2. The highest BCUT2D eigenvalue weighted by molar-refractivity contribution is 8.00. The third-order valence-electron chi connectivity index (χ3n) is 11.7. The molecule has 1 heterocycles. The molecule has 322 valence electrons. The van der Waals surface area contributed by atoms with Gasteiger partial charge in [0.25, 0.3) is 0 Å². The van der Waals surface area contributed by atoms with Crippen LogP contribution in [0, 0.1) is 17.8 Å². The smallest absolute Gasteiger partial charge is 0.231 e. The molecular weight excluding hydrogens is 785 g/mol. The molecular formula is C51H60N2O7S. The first-order valence-corrected chi connectivity index (χ1v) is 22.5. The van der Waals surface area contributed by atoms with Crippen molar-refractivity contribution in [2.24, 2.45) is 22.9 Å². The molecule has 2 aliphatic carbocycles. The first-order valence-electron chi connectivity index (χ1n) is 21.7. The summed E-state index contributed by atoms with van der Waals surface area (Å²) in [6, 6.07) is 32.5. The van der Waals surface area contributed by atoms with E-state index in [-0.39, 0.29) is 54.6 Å². The summed E-state index contributed by atoms with van der Waals surface area (Å²) in [5.41, 5.74) is 5.45. The van der Waals surface area contributed by atoms with Gasteiger partial charge >= 0.3 is 0 Å². The predicted molar refractivity (Wildman–Crippen MR) is 244 cm³/mol. The number of benzene rings is 4. The lowest BCUT2D eigenvalue weighted by atomic mass is 9.56. The van der Waals surface area contributed by atoms with Crippen molar-refractivity contribution in [1.29, 1.82) is 0 Å². The topological polar surface area (TPSA) is 119 Å². The fourth-order valence-electron chi connectivity index (χ4n) is 9.15. The molecule has 9 nitrogen and oxygen atoms in total. The van der Waals surface area contributed by atoms with E-state index in [9.17, 15) is 15.0 Å². The molecule has 1 amide bonds. The van der Waals surface area contributed by atoms with Crippen LogP contribution in [-0.2, 0) is 14.4 Å². The van der Waals surface area contributed by atoms with Gasteiger partial charge in [-0.3, -0.25) is 4.79 Å². The Morgan fingerprint density at radius 1 is 0.918 bits per heavy atom. The Morgan fingerprint density at radius 2 is 1.61 bits per heavy atom. The van der Waals surface area contributed by atoms with Gasteiger partial charge in [0.1, 0.15) is 22.8 Å². The average molecular weight is 845 g/mol. The van der Waals surface area contributed by atoms with Crippen molar-refractivity contribution in [1.82, 2.24) is 0 Å². The maximum atomic E-state index is 11.8. The number of allylic oxidation sites excluding steroid dienone is 1. The average Bonchev–Trinajstić information content (AvgIpc) is 3.25. The third kappa shape index (κ3) is 10.4. The van der Waals surface area contributed by atoms with Crippen molar-refractivity contribution in [2.75, 3.05) is 25.1 Å². The van der Waals surface area contributed by atoms with Gasteiger partial charge in [0.2, 0.25) is 11.7 Å². The molecule has 6 atom stereocenters. The molecule has 61 heavy (non-hydrogen) atoms. The van der Waals surface area contributed by atoms with Crippen molar-refractivity contribution < 1.29 is 34.1 Å². The maximum Gasteiger partial charge on any atom is 0.231 e. The SMILES string of the molecule is C=CCOC12Oc3ccc(Oc4ccc(-c5ccccc5)cc4)cc3C3C(CCCCO)C(CCCCO)C=C(C(=NOC(C)(C)C)CC1Sc1ccc(NC(C)=O)cc1)C32. The Bertz CT molecular complexity index is 2170. The van der Waals surface area contributed by atoms with E-state index in [0.29, 0.717) is 18.6 Å². The molecule has 0 bridgehead atoms. The Morgan fingerprint density at radius 3 is 2.28 bits per heavy atom. The van der Waals surface area contributed by atoms with Gasteiger partial charge in [-0.05, 0) is 130 Å². The standard InChI is InChI=1S/C51H60N2O7S/c1-6-30-57-51-47(61-41-25-20-38(21-26-41)52-34(2)56)33-45(53-60-50(3,4)5)43-31-37(16-10-12-28-54)42(17-11-13-29-55)48(49(43)51)44-32-40(24-27-46(44)59-51)58-39-22-18-36(19-23-39)35-14-8-7-9-15-35/h6-9,14-15,18-27,31-32,37,42,47-49,54-55H,1,10-13,16-17,28-30,33H2,2-5H3,(H,52,56). The van der Waals surface area contributed by atoms with Crippen LogP contribution in [0.2, 0.25) is 0 Å². The normalized spacial score (nSPS) is 23.5. The van der Waals surface area contributed by atoms with Crippen LogP contribution in [0.4, 0.5) is 5.69 Å². The molecule has 3 N–H and O–H groups in total. The van der Waals surface area contributed by atoms with Crippen LogP contribution in [0.1, 0.15) is 84.1 Å². The van der Waals surface area contributed by atoms with Crippen LogP contribution in [0.25, 0.3) is 11.1 Å². The minimum Gasteiger partial charge on any atom is -0.460 e. The van der Waals surface area contributed by atoms with Gasteiger partial charge in [0.05, 0.1) is 23.5 Å². The summed E-state index contributed by atoms with van der Waals surface area (Å²) in [4.78, 5) is 19.1. The first kappa shape index (κ1) is 44.2. The van der Waals surface area contributed by atoms with Gasteiger partial charge in [0, 0.05) is 48.6 Å². The van der Waals surface area contributed by atoms with Gasteiger partial charge < -0.3 is 34.6 Å². The highest BCUT2D eigenvalue weighted by Gasteiger charge is 2.64. The van der Waals surface area contributed by atoms with E-state index in [1.807, 2.05) is 87.5 Å². The van der Waals surface area contributed by atoms with Gasteiger partial charge in [-0.1, -0.05) is 72.6 Å². The summed E-state index contributed by atoms with van der Waals surface area (Å²) in [6.07, 6.45) is 9.63. The van der Waals surface area contributed by atoms with E-state index in [2.05, 4.69) is 48.3 Å². The zero-order valence-electron chi connectivity index (χ0n) is 35.8.